The van der Waals surface area contributed by atoms with Crippen LogP contribution in [0.5, 0.6) is 0 Å². The van der Waals surface area contributed by atoms with Gasteiger partial charge in [0.2, 0.25) is 0 Å². The number of unbranched alkanes of at least 4 members (excludes halogenated alkanes) is 15. The Morgan fingerprint density at radius 1 is 0.413 bits per heavy atom. The summed E-state index contributed by atoms with van der Waals surface area (Å²) in [5, 5.41) is 11.8. The molecule has 75 heavy (non-hydrogen) atoms. The molecule has 0 heterocycles. The standard InChI is InChI=1S/C66H107NO8/c1-6-8-10-12-14-16-18-20-22-23-24-25-26-27-28-29-30-31-32-33-34-35-36-37-38-39-40-41-43-45-47-49-51-53-55-57-64(69)75-62(61-74-66(65(70)71)72-59-58-67(3,4)5)60-73-63(68)56-54-52-50-48-46-44-42-21-19-17-15-13-11-9-7-2/h8,10,14-17,20-22,24-25,27-28,30-31,33-34,36-37,39-40,42,62,66H,6-7,9,11-13,18-19,23,26,29,32,35,38,41,43-61H2,1-5H3/b10-8-,16-14-,17-15-,22-20-,25-24-,28-27-,31-30-,34-33-,37-36-,40-39-,42-21-. The lowest BCUT2D eigenvalue weighted by molar-refractivity contribution is -0.870. The van der Waals surface area contributed by atoms with Gasteiger partial charge in [-0.2, -0.15) is 0 Å². The minimum Gasteiger partial charge on any atom is -0.545 e. The monoisotopic (exact) mass is 1040 g/mol. The van der Waals surface area contributed by atoms with Gasteiger partial charge in [-0.15, -0.1) is 0 Å². The van der Waals surface area contributed by atoms with E-state index in [0.717, 1.165) is 122 Å². The normalized spacial score (nSPS) is 13.8. The molecule has 0 aliphatic carbocycles. The number of carbonyl (C=O) groups is 3. The zero-order valence-electron chi connectivity index (χ0n) is 48.1. The van der Waals surface area contributed by atoms with Crippen LogP contribution in [0.25, 0.3) is 0 Å². The van der Waals surface area contributed by atoms with E-state index < -0.39 is 24.3 Å². The number of carboxylic acid groups (broad SMARTS) is 1. The lowest BCUT2D eigenvalue weighted by atomic mass is 10.1. The Morgan fingerprint density at radius 3 is 1.13 bits per heavy atom. The average Bonchev–Trinajstić information content (AvgIpc) is 3.38. The number of ether oxygens (including phenoxy) is 4. The number of hydrogen-bond acceptors (Lipinski definition) is 8. The zero-order valence-corrected chi connectivity index (χ0v) is 48.1. The van der Waals surface area contributed by atoms with E-state index in [1.807, 2.05) is 21.1 Å². The molecule has 424 valence electrons. The fraction of sp³-hybridized carbons (Fsp3) is 0.621. The Labute approximate surface area is 459 Å². The average molecular weight is 1040 g/mol. The van der Waals surface area contributed by atoms with Crippen LogP contribution in [-0.4, -0.2) is 82.3 Å². The maximum absolute atomic E-state index is 12.9. The summed E-state index contributed by atoms with van der Waals surface area (Å²) in [6.07, 6.45) is 76.4. The quantitative estimate of drug-likeness (QED) is 0.0195. The second-order valence-electron chi connectivity index (χ2n) is 20.2. The minimum absolute atomic E-state index is 0.136. The zero-order chi connectivity index (χ0) is 54.8. The van der Waals surface area contributed by atoms with E-state index >= 15 is 0 Å². The third kappa shape index (κ3) is 57.0. The summed E-state index contributed by atoms with van der Waals surface area (Å²) >= 11 is 0. The topological polar surface area (TPSA) is 111 Å². The fourth-order valence-electron chi connectivity index (χ4n) is 7.38. The second kappa shape index (κ2) is 55.7. The van der Waals surface area contributed by atoms with Gasteiger partial charge in [-0.05, 0) is 116 Å². The number of esters is 2. The fourth-order valence-corrected chi connectivity index (χ4v) is 7.38. The van der Waals surface area contributed by atoms with Crippen molar-refractivity contribution in [3.63, 3.8) is 0 Å². The van der Waals surface area contributed by atoms with E-state index in [4.69, 9.17) is 18.9 Å². The first-order valence-electron chi connectivity index (χ1n) is 29.3. The Morgan fingerprint density at radius 2 is 0.760 bits per heavy atom. The van der Waals surface area contributed by atoms with E-state index in [2.05, 4.69) is 148 Å². The van der Waals surface area contributed by atoms with Crippen molar-refractivity contribution in [1.82, 2.24) is 0 Å². The summed E-state index contributed by atoms with van der Waals surface area (Å²) in [4.78, 5) is 37.2. The van der Waals surface area contributed by atoms with Crippen molar-refractivity contribution < 1.29 is 42.9 Å². The highest BCUT2D eigenvalue weighted by Crippen LogP contribution is 2.13. The predicted molar refractivity (Wildman–Crippen MR) is 315 cm³/mol. The number of hydrogen-bond donors (Lipinski definition) is 0. The molecule has 0 N–H and O–H groups in total. The molecule has 9 nitrogen and oxygen atoms in total. The van der Waals surface area contributed by atoms with Gasteiger partial charge < -0.3 is 33.3 Å². The van der Waals surface area contributed by atoms with E-state index in [1.54, 1.807) is 0 Å². The van der Waals surface area contributed by atoms with Crippen LogP contribution in [0.4, 0.5) is 0 Å². The molecule has 0 bridgehead atoms. The highest BCUT2D eigenvalue weighted by Gasteiger charge is 2.22. The number of aliphatic carboxylic acids is 1. The Balaban J connectivity index is 4.27. The smallest absolute Gasteiger partial charge is 0.306 e. The first-order valence-corrected chi connectivity index (χ1v) is 29.3. The third-order valence-corrected chi connectivity index (χ3v) is 11.9. The van der Waals surface area contributed by atoms with Gasteiger partial charge in [0.05, 0.1) is 40.3 Å². The summed E-state index contributed by atoms with van der Waals surface area (Å²) in [6.45, 7) is 4.55. The predicted octanol–water partition coefficient (Wildman–Crippen LogP) is 16.1. The number of carboxylic acids is 1. The summed E-state index contributed by atoms with van der Waals surface area (Å²) in [5.41, 5.74) is 0. The molecule has 2 atom stereocenters. The highest BCUT2D eigenvalue weighted by atomic mass is 16.7. The van der Waals surface area contributed by atoms with E-state index in [1.165, 1.54) is 44.9 Å². The van der Waals surface area contributed by atoms with E-state index in [-0.39, 0.29) is 38.6 Å². The molecule has 2 unspecified atom stereocenters. The van der Waals surface area contributed by atoms with Crippen LogP contribution in [0.3, 0.4) is 0 Å². The maximum Gasteiger partial charge on any atom is 0.306 e. The summed E-state index contributed by atoms with van der Waals surface area (Å²) in [5.74, 6) is -2.33. The molecule has 0 aromatic rings. The van der Waals surface area contributed by atoms with Crippen LogP contribution in [0.15, 0.2) is 134 Å². The molecule has 0 fully saturated rings. The maximum atomic E-state index is 12.9. The molecule has 0 aliphatic heterocycles. The molecule has 0 amide bonds. The van der Waals surface area contributed by atoms with Crippen molar-refractivity contribution in [3.8, 4) is 0 Å². The van der Waals surface area contributed by atoms with Crippen molar-refractivity contribution in [2.75, 3.05) is 47.5 Å². The number of nitrogens with zero attached hydrogens (tertiary/aromatic N) is 1. The molecule has 9 heteroatoms. The molecule has 0 rings (SSSR count). The van der Waals surface area contributed by atoms with Crippen LogP contribution in [0.2, 0.25) is 0 Å². The van der Waals surface area contributed by atoms with Crippen LogP contribution in [-0.2, 0) is 33.3 Å². The lowest BCUT2D eigenvalue weighted by Crippen LogP contribution is -2.44. The van der Waals surface area contributed by atoms with Gasteiger partial charge in [-0.25, -0.2) is 0 Å². The Kier molecular flexibility index (Phi) is 52.3. The molecule has 0 aromatic heterocycles. The molecular formula is C66H107NO8. The number of likely N-dealkylation sites (N-methyl/N-ethyl adjacent to an activating group) is 1. The van der Waals surface area contributed by atoms with Crippen LogP contribution in [0, 0.1) is 0 Å². The number of allylic oxidation sites excluding steroid dienone is 22. The SMILES string of the molecule is CC/C=C\C/C=C\C/C=C\C/C=C\C/C=C\C/C=C\C/C=C\C/C=C\C/C=C\CCCCCCCCCC(=O)OC(COC(=O)CCCCCCC/C=C\C/C=C\CCCCC)COC(OCC[N+](C)(C)C)C(=O)[O-]. The molecule has 0 saturated heterocycles. The molecule has 0 spiro atoms. The Bertz CT molecular complexity index is 1690. The van der Waals surface area contributed by atoms with E-state index in [0.29, 0.717) is 23.9 Å². The summed E-state index contributed by atoms with van der Waals surface area (Å²) in [6, 6.07) is 0. The molecule has 0 saturated carbocycles. The van der Waals surface area contributed by atoms with Gasteiger partial charge in [-0.1, -0.05) is 212 Å². The molecule has 0 radical (unpaired) electrons. The number of quaternary nitrogens is 1. The van der Waals surface area contributed by atoms with Gasteiger partial charge in [0.15, 0.2) is 12.4 Å². The summed E-state index contributed by atoms with van der Waals surface area (Å²) < 4.78 is 22.6. The van der Waals surface area contributed by atoms with Gasteiger partial charge >= 0.3 is 11.9 Å². The van der Waals surface area contributed by atoms with Gasteiger partial charge in [0, 0.05) is 12.8 Å². The van der Waals surface area contributed by atoms with Crippen LogP contribution in [0.1, 0.15) is 206 Å². The lowest BCUT2D eigenvalue weighted by Gasteiger charge is -2.26. The first-order chi connectivity index (χ1) is 36.6. The Hall–Kier alpha value is -4.57. The van der Waals surface area contributed by atoms with E-state index in [9.17, 15) is 19.5 Å². The minimum atomic E-state index is -1.64. The molecule has 0 aromatic carbocycles. The van der Waals surface area contributed by atoms with Gasteiger partial charge in [-0.3, -0.25) is 9.59 Å². The second-order valence-corrected chi connectivity index (χ2v) is 20.2. The number of rotatable bonds is 52. The third-order valence-electron chi connectivity index (χ3n) is 11.9. The number of carbonyl (C=O) groups excluding carboxylic acids is 3. The highest BCUT2D eigenvalue weighted by molar-refractivity contribution is 5.70. The van der Waals surface area contributed by atoms with Crippen molar-refractivity contribution >= 4 is 17.9 Å². The van der Waals surface area contributed by atoms with Crippen molar-refractivity contribution in [3.05, 3.63) is 134 Å². The van der Waals surface area contributed by atoms with Crippen LogP contribution >= 0.6 is 0 Å². The van der Waals surface area contributed by atoms with Gasteiger partial charge in [0.1, 0.15) is 13.2 Å². The van der Waals surface area contributed by atoms with Crippen molar-refractivity contribution in [1.29, 1.82) is 0 Å². The van der Waals surface area contributed by atoms with Gasteiger partial charge in [0.25, 0.3) is 0 Å². The summed E-state index contributed by atoms with van der Waals surface area (Å²) in [7, 11) is 5.90. The van der Waals surface area contributed by atoms with Crippen LogP contribution < -0.4 is 5.11 Å². The molecule has 0 aliphatic rings. The molecular weight excluding hydrogens is 935 g/mol. The first kappa shape index (κ1) is 70.4. The van der Waals surface area contributed by atoms with Crippen molar-refractivity contribution in [2.45, 2.75) is 219 Å². The van der Waals surface area contributed by atoms with Crippen molar-refractivity contribution in [2.24, 2.45) is 0 Å². The largest absolute Gasteiger partial charge is 0.545 e.